The molecule has 0 amide bonds. The Morgan fingerprint density at radius 3 is 1.71 bits per heavy atom. The number of benzene rings is 3. The molecule has 3 aromatic carbocycles. The summed E-state index contributed by atoms with van der Waals surface area (Å²) in [6, 6.07) is 16.0. The third-order valence-electron chi connectivity index (χ3n) is 7.77. The lowest BCUT2D eigenvalue weighted by atomic mass is 10.3. The molecule has 0 aliphatic rings. The zero-order chi connectivity index (χ0) is 44.7. The fourth-order valence-corrected chi connectivity index (χ4v) is 5.40. The van der Waals surface area contributed by atoms with E-state index in [1.165, 1.54) is 53.8 Å². The molecule has 0 atom stereocenters. The molecule has 0 spiro atoms. The summed E-state index contributed by atoms with van der Waals surface area (Å²) in [5.41, 5.74) is 5.62. The molecule has 0 unspecified atom stereocenters. The second-order valence-electron chi connectivity index (χ2n) is 11.7. The van der Waals surface area contributed by atoms with Gasteiger partial charge < -0.3 is 15.2 Å². The SMILES string of the molecule is Nc1ccc(Oc2ccn3ncnc3c2)c(Cl)c1F.O=[N+]([O-])c1ccc(F)c(Cl)c1F.O=[N+]([O-])c1ccc(Oc2ccn3ncnc3c2)c(Cl)c1F.O=c1ccn2[nH]cnc2c1. The van der Waals surface area contributed by atoms with Crippen LogP contribution in [0.1, 0.15) is 0 Å². The number of anilines is 1. The van der Waals surface area contributed by atoms with Gasteiger partial charge in [-0.15, -0.1) is 0 Å². The number of nitrogens with zero attached hydrogens (tertiary/aromatic N) is 10. The van der Waals surface area contributed by atoms with Crippen LogP contribution in [0.15, 0.2) is 115 Å². The first-order valence-corrected chi connectivity index (χ1v) is 17.8. The highest BCUT2D eigenvalue weighted by Crippen LogP contribution is 2.36. The van der Waals surface area contributed by atoms with E-state index in [4.69, 9.17) is 50.0 Å². The van der Waals surface area contributed by atoms with Gasteiger partial charge in [-0.3, -0.25) is 30.1 Å². The Morgan fingerprint density at radius 2 is 1.15 bits per heavy atom. The van der Waals surface area contributed by atoms with Crippen molar-refractivity contribution in [2.45, 2.75) is 0 Å². The van der Waals surface area contributed by atoms with Crippen LogP contribution in [0.4, 0.5) is 34.6 Å². The van der Waals surface area contributed by atoms with E-state index in [-0.39, 0.29) is 27.6 Å². The first kappa shape index (κ1) is 43.7. The van der Waals surface area contributed by atoms with E-state index in [0.717, 1.165) is 18.2 Å². The van der Waals surface area contributed by atoms with Crippen molar-refractivity contribution in [1.29, 1.82) is 0 Å². The lowest BCUT2D eigenvalue weighted by Gasteiger charge is -2.09. The molecule has 0 bridgehead atoms. The number of hydrogen-bond acceptors (Lipinski definition) is 13. The zero-order valence-electron chi connectivity index (χ0n) is 30.4. The van der Waals surface area contributed by atoms with Crippen LogP contribution < -0.4 is 20.6 Å². The molecule has 3 N–H and O–H groups in total. The van der Waals surface area contributed by atoms with Crippen LogP contribution >= 0.6 is 34.8 Å². The second-order valence-corrected chi connectivity index (χ2v) is 12.9. The van der Waals surface area contributed by atoms with Crippen LogP contribution in [0.2, 0.25) is 15.1 Å². The molecule has 0 saturated carbocycles. The average molecular weight is 916 g/mol. The monoisotopic (exact) mass is 914 g/mol. The van der Waals surface area contributed by atoms with Crippen molar-refractivity contribution in [3.8, 4) is 23.0 Å². The van der Waals surface area contributed by atoms with E-state index in [0.29, 0.717) is 28.4 Å². The van der Waals surface area contributed by atoms with Crippen molar-refractivity contribution in [2.75, 3.05) is 5.73 Å². The summed E-state index contributed by atoms with van der Waals surface area (Å²) < 4.78 is 68.1. The van der Waals surface area contributed by atoms with Crippen LogP contribution in [-0.2, 0) is 0 Å². The van der Waals surface area contributed by atoms with Crippen molar-refractivity contribution >= 4 is 68.8 Å². The molecule has 6 aromatic heterocycles. The van der Waals surface area contributed by atoms with Crippen molar-refractivity contribution in [3.63, 3.8) is 0 Å². The molecule has 0 fully saturated rings. The van der Waals surface area contributed by atoms with Gasteiger partial charge in [-0.2, -0.15) is 19.0 Å². The molecule has 9 rings (SSSR count). The number of hydrogen-bond donors (Lipinski definition) is 2. The Balaban J connectivity index is 0.000000144. The van der Waals surface area contributed by atoms with Gasteiger partial charge in [-0.05, 0) is 36.4 Å². The lowest BCUT2D eigenvalue weighted by Crippen LogP contribution is -1.98. The molecular formula is C36H21Cl3F4N12O7. The molecule has 26 heteroatoms. The van der Waals surface area contributed by atoms with E-state index < -0.39 is 54.5 Å². The number of fused-ring (bicyclic) bond motifs is 3. The van der Waals surface area contributed by atoms with Gasteiger partial charge in [0.25, 0.3) is 0 Å². The summed E-state index contributed by atoms with van der Waals surface area (Å²) in [7, 11) is 0. The minimum absolute atomic E-state index is 0.0212. The highest BCUT2D eigenvalue weighted by molar-refractivity contribution is 6.33. The van der Waals surface area contributed by atoms with Crippen molar-refractivity contribution in [2.24, 2.45) is 0 Å². The topological polar surface area (TPSA) is 241 Å². The number of nitro groups is 2. The Kier molecular flexibility index (Phi) is 13.4. The van der Waals surface area contributed by atoms with Crippen LogP contribution in [0.5, 0.6) is 23.0 Å². The summed E-state index contributed by atoms with van der Waals surface area (Å²) in [5, 5.41) is 29.9. The van der Waals surface area contributed by atoms with Crippen molar-refractivity contribution in [1.82, 2.24) is 43.8 Å². The van der Waals surface area contributed by atoms with Gasteiger partial charge in [-0.1, -0.05) is 34.8 Å². The standard InChI is InChI=1S/C12H6ClFN4O3.C12H8ClFN4O.C6H2ClF2NO2.C6H5N3O/c13-11-9(2-1-8(12(11)14)18(19)20)21-7-3-4-17-10(5-7)15-6-16-17;13-11-9(2-1-8(15)12(11)14)19-7-3-4-18-10(5-7)16-6-17-18;7-5-3(8)1-2-4(6(5)9)10(11)12;10-5-1-2-9-6(3-5)7-4-8-9/h1-6H;1-6H,15H2;1-2H;1-4H,(H,7,8). The molecule has 0 aliphatic heterocycles. The van der Waals surface area contributed by atoms with Crippen molar-refractivity contribution < 1.29 is 36.9 Å². The molecule has 9 aromatic rings. The molecule has 316 valence electrons. The number of H-pyrrole nitrogens is 1. The number of nitrogens with one attached hydrogen (secondary N) is 1. The highest BCUT2D eigenvalue weighted by Gasteiger charge is 2.22. The molecule has 0 saturated heterocycles. The Hall–Kier alpha value is -7.89. The summed E-state index contributed by atoms with van der Waals surface area (Å²) in [6.45, 7) is 0. The number of nitrogen functional groups attached to an aromatic ring is 1. The molecular weight excluding hydrogens is 895 g/mol. The van der Waals surface area contributed by atoms with E-state index in [1.54, 1.807) is 51.9 Å². The van der Waals surface area contributed by atoms with E-state index in [2.05, 4.69) is 30.2 Å². The van der Waals surface area contributed by atoms with Gasteiger partial charge in [-0.25, -0.2) is 37.3 Å². The summed E-state index contributed by atoms with van der Waals surface area (Å²) in [5.74, 6) is -3.19. The Labute approximate surface area is 356 Å². The van der Waals surface area contributed by atoms with Gasteiger partial charge >= 0.3 is 11.4 Å². The fraction of sp³-hybridized carbons (Fsp3) is 0. The van der Waals surface area contributed by atoms with Crippen LogP contribution in [0.25, 0.3) is 16.9 Å². The maximum absolute atomic E-state index is 13.7. The van der Waals surface area contributed by atoms with Gasteiger partial charge in [0.15, 0.2) is 28.2 Å². The highest BCUT2D eigenvalue weighted by atomic mass is 35.5. The number of rotatable bonds is 6. The van der Waals surface area contributed by atoms with Crippen LogP contribution in [0, 0.1) is 43.5 Å². The largest absolute Gasteiger partial charge is 0.455 e. The number of aromatic amines is 1. The first-order chi connectivity index (χ1) is 29.6. The van der Waals surface area contributed by atoms with Gasteiger partial charge in [0.05, 0.1) is 15.5 Å². The summed E-state index contributed by atoms with van der Waals surface area (Å²) in [4.78, 5) is 41.4. The fourth-order valence-electron chi connectivity index (χ4n) is 4.83. The maximum atomic E-state index is 13.7. The number of nitrogens with two attached hydrogens (primary N) is 1. The minimum Gasteiger partial charge on any atom is -0.455 e. The van der Waals surface area contributed by atoms with Crippen molar-refractivity contribution in [3.05, 3.63) is 179 Å². The van der Waals surface area contributed by atoms with E-state index in [9.17, 15) is 42.6 Å². The number of ether oxygens (including phenoxy) is 2. The normalized spacial score (nSPS) is 10.6. The van der Waals surface area contributed by atoms with Gasteiger partial charge in [0.2, 0.25) is 11.6 Å². The van der Waals surface area contributed by atoms with Crippen LogP contribution in [-0.4, -0.2) is 53.6 Å². The molecule has 19 nitrogen and oxygen atoms in total. The predicted octanol–water partition coefficient (Wildman–Crippen LogP) is 8.67. The molecule has 0 aliphatic carbocycles. The van der Waals surface area contributed by atoms with Crippen LogP contribution in [0.3, 0.4) is 0 Å². The number of aromatic nitrogens is 9. The molecule has 6 heterocycles. The van der Waals surface area contributed by atoms with Gasteiger partial charge in [0.1, 0.15) is 62.9 Å². The molecule has 0 radical (unpaired) electrons. The van der Waals surface area contributed by atoms with E-state index in [1.807, 2.05) is 0 Å². The second kappa shape index (κ2) is 19.0. The minimum atomic E-state index is -1.35. The summed E-state index contributed by atoms with van der Waals surface area (Å²) in [6.07, 6.45) is 9.26. The predicted molar refractivity (Wildman–Crippen MR) is 214 cm³/mol. The number of halogens is 7. The quantitative estimate of drug-likeness (QED) is 0.0522. The lowest BCUT2D eigenvalue weighted by molar-refractivity contribution is -0.387. The smallest absolute Gasteiger partial charge is 0.306 e. The van der Waals surface area contributed by atoms with Gasteiger partial charge in [0, 0.05) is 55.0 Å². The molecule has 62 heavy (non-hydrogen) atoms. The summed E-state index contributed by atoms with van der Waals surface area (Å²) >= 11 is 16.7. The van der Waals surface area contributed by atoms with E-state index >= 15 is 0 Å². The average Bonchev–Trinajstić information content (AvgIpc) is 4.04. The number of nitro benzene ring substituents is 2. The third-order valence-corrected chi connectivity index (χ3v) is 8.82. The zero-order valence-corrected chi connectivity index (χ0v) is 32.7. The third kappa shape index (κ3) is 10.1. The Bertz CT molecular complexity index is 3170. The number of pyridine rings is 3. The Morgan fingerprint density at radius 1 is 0.629 bits per heavy atom. The first-order valence-electron chi connectivity index (χ1n) is 16.7. The maximum Gasteiger partial charge on any atom is 0.306 e.